The van der Waals surface area contributed by atoms with Crippen LogP contribution in [0.2, 0.25) is 0 Å². The average Bonchev–Trinajstić information content (AvgIpc) is 3.27. The molecule has 134 valence electrons. The van der Waals surface area contributed by atoms with Gasteiger partial charge in [-0.25, -0.2) is 16.8 Å². The molecule has 0 N–H and O–H groups in total. The minimum Gasteiger partial charge on any atom is -0.207 e. The van der Waals surface area contributed by atoms with Gasteiger partial charge in [-0.3, -0.25) is 0 Å². The second-order valence-corrected chi connectivity index (χ2v) is 10.5. The van der Waals surface area contributed by atoms with Gasteiger partial charge in [0.1, 0.15) is 0 Å². The predicted octanol–water partition coefficient (Wildman–Crippen LogP) is 2.03. The van der Waals surface area contributed by atoms with Crippen LogP contribution in [-0.4, -0.2) is 51.6 Å². The second kappa shape index (κ2) is 6.74. The van der Waals surface area contributed by atoms with Crippen LogP contribution in [-0.2, 0) is 20.0 Å². The van der Waals surface area contributed by atoms with Crippen LogP contribution in [0.5, 0.6) is 0 Å². The van der Waals surface area contributed by atoms with Gasteiger partial charge in [-0.15, -0.1) is 0 Å². The minimum absolute atomic E-state index is 0.0445. The van der Waals surface area contributed by atoms with E-state index in [9.17, 15) is 16.8 Å². The zero-order valence-electron chi connectivity index (χ0n) is 13.9. The van der Waals surface area contributed by atoms with Gasteiger partial charge < -0.3 is 0 Å². The molecule has 0 atom stereocenters. The lowest BCUT2D eigenvalue weighted by atomic mass is 10.3. The van der Waals surface area contributed by atoms with Crippen molar-refractivity contribution in [1.29, 1.82) is 0 Å². The van der Waals surface area contributed by atoms with Gasteiger partial charge in [-0.05, 0) is 49.9 Å². The molecule has 3 rings (SSSR count). The normalized spacial score (nSPS) is 20.9. The summed E-state index contributed by atoms with van der Waals surface area (Å²) in [7, 11) is -5.48. The van der Waals surface area contributed by atoms with Gasteiger partial charge in [-0.2, -0.15) is 8.61 Å². The van der Waals surface area contributed by atoms with Crippen molar-refractivity contribution in [1.82, 2.24) is 8.61 Å². The maximum absolute atomic E-state index is 12.7. The molecule has 2 aliphatic rings. The van der Waals surface area contributed by atoms with Crippen molar-refractivity contribution in [2.24, 2.45) is 0 Å². The Hall–Kier alpha value is -0.960. The van der Waals surface area contributed by atoms with Gasteiger partial charge >= 0.3 is 0 Å². The largest absolute Gasteiger partial charge is 0.243 e. The van der Waals surface area contributed by atoms with Crippen molar-refractivity contribution in [2.45, 2.75) is 54.4 Å². The summed E-state index contributed by atoms with van der Waals surface area (Å²) in [6.07, 6.45) is 5.62. The monoisotopic (exact) mass is 372 g/mol. The summed E-state index contributed by atoms with van der Waals surface area (Å²) < 4.78 is 53.3. The lowest BCUT2D eigenvalue weighted by Gasteiger charge is -2.23. The number of nitrogens with zero attached hydrogens (tertiary/aromatic N) is 2. The van der Waals surface area contributed by atoms with Gasteiger partial charge in [0.25, 0.3) is 0 Å². The van der Waals surface area contributed by atoms with Crippen LogP contribution >= 0.6 is 0 Å². The highest BCUT2D eigenvalue weighted by Gasteiger charge is 2.31. The van der Waals surface area contributed by atoms with Crippen molar-refractivity contribution in [3.05, 3.63) is 24.3 Å². The molecule has 1 heterocycles. The summed E-state index contributed by atoms with van der Waals surface area (Å²) in [5.41, 5.74) is 0. The first kappa shape index (κ1) is 17.8. The molecule has 6 nitrogen and oxygen atoms in total. The second-order valence-electron chi connectivity index (χ2n) is 6.54. The Balaban J connectivity index is 1.83. The topological polar surface area (TPSA) is 74.8 Å². The molecule has 1 saturated heterocycles. The number of hydrogen-bond acceptors (Lipinski definition) is 4. The Labute approximate surface area is 144 Å². The van der Waals surface area contributed by atoms with E-state index in [1.807, 2.05) is 0 Å². The van der Waals surface area contributed by atoms with E-state index in [4.69, 9.17) is 0 Å². The number of hydrogen-bond donors (Lipinski definition) is 0. The van der Waals surface area contributed by atoms with E-state index in [1.165, 1.54) is 32.9 Å². The zero-order chi connectivity index (χ0) is 17.4. The molecule has 1 aliphatic heterocycles. The highest BCUT2D eigenvalue weighted by Crippen LogP contribution is 2.28. The van der Waals surface area contributed by atoms with Crippen molar-refractivity contribution in [3.8, 4) is 0 Å². The lowest BCUT2D eigenvalue weighted by Crippen LogP contribution is -2.35. The highest BCUT2D eigenvalue weighted by atomic mass is 32.2. The van der Waals surface area contributed by atoms with Crippen LogP contribution in [0.4, 0.5) is 0 Å². The van der Waals surface area contributed by atoms with Gasteiger partial charge in [0, 0.05) is 26.2 Å². The Morgan fingerprint density at radius 1 is 0.875 bits per heavy atom. The number of sulfonamides is 2. The molecular formula is C16H24N2O4S2. The predicted molar refractivity (Wildman–Crippen MR) is 91.6 cm³/mol. The molecule has 0 aromatic heterocycles. The maximum atomic E-state index is 12.7. The molecule has 1 saturated carbocycles. The minimum atomic E-state index is -3.58. The maximum Gasteiger partial charge on any atom is 0.243 e. The van der Waals surface area contributed by atoms with Gasteiger partial charge in [0.05, 0.1) is 9.79 Å². The SMILES string of the molecule is CN(C1CCCC1)S(=O)(=O)c1ccc(S(=O)(=O)N2CCCC2)cc1. The van der Waals surface area contributed by atoms with Crippen LogP contribution in [0.1, 0.15) is 38.5 Å². The van der Waals surface area contributed by atoms with E-state index in [2.05, 4.69) is 0 Å². The molecule has 0 unspecified atom stereocenters. The number of rotatable bonds is 5. The standard InChI is InChI=1S/C16H24N2O4S2/c1-17(14-6-2-3-7-14)23(19,20)15-8-10-16(11-9-15)24(21,22)18-12-4-5-13-18/h8-11,14H,2-7,12-13H2,1H3. The van der Waals surface area contributed by atoms with Crippen LogP contribution in [0.25, 0.3) is 0 Å². The van der Waals surface area contributed by atoms with Crippen LogP contribution in [0.3, 0.4) is 0 Å². The van der Waals surface area contributed by atoms with Crippen LogP contribution in [0, 0.1) is 0 Å². The first-order valence-electron chi connectivity index (χ1n) is 8.42. The van der Waals surface area contributed by atoms with Crippen molar-refractivity contribution >= 4 is 20.0 Å². The molecule has 0 amide bonds. The van der Waals surface area contributed by atoms with Crippen molar-refractivity contribution in [3.63, 3.8) is 0 Å². The number of benzene rings is 1. The molecule has 1 aliphatic carbocycles. The average molecular weight is 373 g/mol. The van der Waals surface area contributed by atoms with Crippen LogP contribution in [0.15, 0.2) is 34.1 Å². The molecular weight excluding hydrogens is 348 g/mol. The van der Waals surface area contributed by atoms with Crippen molar-refractivity contribution in [2.75, 3.05) is 20.1 Å². The highest BCUT2D eigenvalue weighted by molar-refractivity contribution is 7.89. The summed E-state index contributed by atoms with van der Waals surface area (Å²) in [5.74, 6) is 0. The van der Waals surface area contributed by atoms with Crippen molar-refractivity contribution < 1.29 is 16.8 Å². The molecule has 1 aromatic rings. The Bertz CT molecular complexity index is 776. The Kier molecular flexibility index (Phi) is 5.01. The third-order valence-electron chi connectivity index (χ3n) is 5.04. The molecule has 0 bridgehead atoms. The fourth-order valence-electron chi connectivity index (χ4n) is 3.49. The third-order valence-corrected chi connectivity index (χ3v) is 8.88. The molecule has 8 heteroatoms. The van der Waals surface area contributed by atoms with E-state index in [-0.39, 0.29) is 15.8 Å². The van der Waals surface area contributed by atoms with Gasteiger partial charge in [0.15, 0.2) is 0 Å². The van der Waals surface area contributed by atoms with E-state index in [0.29, 0.717) is 13.1 Å². The van der Waals surface area contributed by atoms with Crippen LogP contribution < -0.4 is 0 Å². The molecule has 2 fully saturated rings. The Morgan fingerprint density at radius 2 is 1.38 bits per heavy atom. The molecule has 0 radical (unpaired) electrons. The first-order chi connectivity index (χ1) is 11.3. The summed E-state index contributed by atoms with van der Waals surface area (Å²) in [4.78, 5) is 0.309. The van der Waals surface area contributed by atoms with Gasteiger partial charge in [0.2, 0.25) is 20.0 Å². The molecule has 24 heavy (non-hydrogen) atoms. The fourth-order valence-corrected chi connectivity index (χ4v) is 6.42. The quantitative estimate of drug-likeness (QED) is 0.793. The smallest absolute Gasteiger partial charge is 0.207 e. The van der Waals surface area contributed by atoms with E-state index >= 15 is 0 Å². The first-order valence-corrected chi connectivity index (χ1v) is 11.3. The van der Waals surface area contributed by atoms with E-state index < -0.39 is 20.0 Å². The zero-order valence-corrected chi connectivity index (χ0v) is 15.5. The summed E-state index contributed by atoms with van der Waals surface area (Å²) in [6.45, 7) is 1.07. The summed E-state index contributed by atoms with van der Waals surface area (Å²) in [5, 5.41) is 0. The molecule has 1 aromatic carbocycles. The summed E-state index contributed by atoms with van der Waals surface area (Å²) in [6, 6.07) is 5.67. The Morgan fingerprint density at radius 3 is 1.92 bits per heavy atom. The van der Waals surface area contributed by atoms with E-state index in [1.54, 1.807) is 7.05 Å². The molecule has 0 spiro atoms. The van der Waals surface area contributed by atoms with E-state index in [0.717, 1.165) is 38.5 Å². The lowest BCUT2D eigenvalue weighted by molar-refractivity contribution is 0.373. The third kappa shape index (κ3) is 3.24. The summed E-state index contributed by atoms with van der Waals surface area (Å²) >= 11 is 0. The fraction of sp³-hybridized carbons (Fsp3) is 0.625. The van der Waals surface area contributed by atoms with Gasteiger partial charge in [-0.1, -0.05) is 12.8 Å².